The van der Waals surface area contributed by atoms with Crippen molar-refractivity contribution in [3.05, 3.63) is 30.3 Å². The highest BCUT2D eigenvalue weighted by Gasteiger charge is 2.17. The van der Waals surface area contributed by atoms with Gasteiger partial charge in [-0.3, -0.25) is 10.4 Å². The highest BCUT2D eigenvalue weighted by molar-refractivity contribution is 7.87. The Balaban J connectivity index is 3.06. The van der Waals surface area contributed by atoms with Crippen molar-refractivity contribution in [1.29, 1.82) is 0 Å². The molecule has 4 N–H and O–H groups in total. The Hall–Kier alpha value is -1.15. The van der Waals surface area contributed by atoms with E-state index in [0.717, 1.165) is 0 Å². The van der Waals surface area contributed by atoms with Gasteiger partial charge in [-0.15, -0.1) is 0 Å². The minimum absolute atomic E-state index is 0.229. The maximum Gasteiger partial charge on any atom is 0.374 e. The van der Waals surface area contributed by atoms with Crippen molar-refractivity contribution in [2.45, 2.75) is 0 Å². The lowest BCUT2D eigenvalue weighted by atomic mass is 10.3. The number of anilines is 1. The first-order valence-electron chi connectivity index (χ1n) is 3.35. The smallest absolute Gasteiger partial charge is 0.268 e. The first-order valence-corrected chi connectivity index (χ1v) is 4.74. The number of hydrogen-bond donors (Lipinski definition) is 3. The number of nitrogens with two attached hydrogens (primary N) is 1. The van der Waals surface area contributed by atoms with Gasteiger partial charge in [0.2, 0.25) is 0 Å². The van der Waals surface area contributed by atoms with Gasteiger partial charge in [-0.25, -0.2) is 0 Å². The molecule has 0 aromatic heterocycles. The average Bonchev–Trinajstić information content (AvgIpc) is 2.05. The van der Waals surface area contributed by atoms with E-state index in [0.29, 0.717) is 4.41 Å². The first kappa shape index (κ1) is 9.93. The second-order valence-corrected chi connectivity index (χ2v) is 3.47. The maximum absolute atomic E-state index is 10.7. The van der Waals surface area contributed by atoms with Gasteiger partial charge in [0, 0.05) is 0 Å². The lowest BCUT2D eigenvalue weighted by Gasteiger charge is -2.17. The Bertz CT molecular complexity index is 364. The first-order chi connectivity index (χ1) is 6.05. The van der Waals surface area contributed by atoms with E-state index in [1.165, 1.54) is 12.1 Å². The van der Waals surface area contributed by atoms with Gasteiger partial charge < -0.3 is 0 Å². The van der Waals surface area contributed by atoms with E-state index in [1.54, 1.807) is 18.2 Å². The second-order valence-electron chi connectivity index (χ2n) is 2.21. The SMILES string of the molecule is NNN(c1ccccc1)S(=O)(=O)O. The van der Waals surface area contributed by atoms with Crippen molar-refractivity contribution in [3.8, 4) is 0 Å². The molecule has 0 atom stereocenters. The minimum Gasteiger partial charge on any atom is -0.268 e. The molecule has 1 aromatic carbocycles. The molecule has 1 aromatic rings. The van der Waals surface area contributed by atoms with Crippen LogP contribution in [-0.2, 0) is 10.3 Å². The molecule has 0 amide bonds. The summed E-state index contributed by atoms with van der Waals surface area (Å²) in [6, 6.07) is 7.90. The van der Waals surface area contributed by atoms with Crippen LogP contribution >= 0.6 is 0 Å². The lowest BCUT2D eigenvalue weighted by Crippen LogP contribution is -2.46. The van der Waals surface area contributed by atoms with Crippen LogP contribution in [0.15, 0.2) is 30.3 Å². The molecule has 0 heterocycles. The molecule has 72 valence electrons. The largest absolute Gasteiger partial charge is 0.374 e. The summed E-state index contributed by atoms with van der Waals surface area (Å²) in [5.74, 6) is 4.93. The quantitative estimate of drug-likeness (QED) is 0.355. The number of rotatable bonds is 3. The fourth-order valence-electron chi connectivity index (χ4n) is 0.838. The van der Waals surface area contributed by atoms with E-state index in [1.807, 2.05) is 5.53 Å². The van der Waals surface area contributed by atoms with Crippen LogP contribution in [0.25, 0.3) is 0 Å². The standard InChI is InChI=1S/C6H9N3O3S/c7-8-9(13(10,11)12)6-4-2-1-3-5-6/h1-5,8H,7H2,(H,10,11,12). The highest BCUT2D eigenvalue weighted by atomic mass is 32.2. The molecule has 0 aliphatic rings. The van der Waals surface area contributed by atoms with Gasteiger partial charge in [-0.2, -0.15) is 18.4 Å². The summed E-state index contributed by atoms with van der Waals surface area (Å²) in [7, 11) is -4.37. The normalized spacial score (nSPS) is 11.2. The van der Waals surface area contributed by atoms with Crippen LogP contribution in [0.1, 0.15) is 0 Å². The molecule has 0 aliphatic carbocycles. The third kappa shape index (κ3) is 2.39. The Labute approximate surface area is 75.8 Å². The van der Waals surface area contributed by atoms with Crippen LogP contribution in [0.2, 0.25) is 0 Å². The fraction of sp³-hybridized carbons (Fsp3) is 0. The van der Waals surface area contributed by atoms with Crippen LogP contribution in [-0.4, -0.2) is 13.0 Å². The van der Waals surface area contributed by atoms with Gasteiger partial charge in [0.05, 0.1) is 5.69 Å². The molecule has 0 saturated heterocycles. The molecular formula is C6H9N3O3S. The third-order valence-corrected chi connectivity index (χ3v) is 2.12. The average molecular weight is 203 g/mol. The predicted octanol–water partition coefficient (Wildman–Crippen LogP) is -0.326. The van der Waals surface area contributed by atoms with Crippen LogP contribution in [0, 0.1) is 0 Å². The van der Waals surface area contributed by atoms with Gasteiger partial charge in [0.1, 0.15) is 0 Å². The van der Waals surface area contributed by atoms with E-state index in [4.69, 9.17) is 10.4 Å². The summed E-state index contributed by atoms with van der Waals surface area (Å²) in [5, 5.41) is 0. The Morgan fingerprint density at radius 3 is 2.23 bits per heavy atom. The zero-order valence-electron chi connectivity index (χ0n) is 6.58. The van der Waals surface area contributed by atoms with E-state index in [2.05, 4.69) is 0 Å². The molecule has 0 fully saturated rings. The summed E-state index contributed by atoms with van der Waals surface area (Å²) in [6.45, 7) is 0. The summed E-state index contributed by atoms with van der Waals surface area (Å²) >= 11 is 0. The summed E-state index contributed by atoms with van der Waals surface area (Å²) in [5.41, 5.74) is 2.08. The van der Waals surface area contributed by atoms with Gasteiger partial charge in [0.15, 0.2) is 0 Å². The molecule has 0 aliphatic heterocycles. The van der Waals surface area contributed by atoms with Crippen LogP contribution in [0.4, 0.5) is 5.69 Å². The molecular weight excluding hydrogens is 194 g/mol. The van der Waals surface area contributed by atoms with Crippen LogP contribution < -0.4 is 15.8 Å². The molecule has 0 spiro atoms. The van der Waals surface area contributed by atoms with E-state index in [9.17, 15) is 8.42 Å². The Morgan fingerprint density at radius 2 is 1.85 bits per heavy atom. The molecule has 0 saturated carbocycles. The second kappa shape index (κ2) is 3.71. The van der Waals surface area contributed by atoms with E-state index < -0.39 is 10.3 Å². The van der Waals surface area contributed by atoms with Crippen LogP contribution in [0.3, 0.4) is 0 Å². The molecule has 13 heavy (non-hydrogen) atoms. The maximum atomic E-state index is 10.7. The molecule has 1 rings (SSSR count). The molecule has 6 nitrogen and oxygen atoms in total. The molecule has 7 heteroatoms. The van der Waals surface area contributed by atoms with Crippen molar-refractivity contribution in [2.24, 2.45) is 5.84 Å². The van der Waals surface area contributed by atoms with Crippen molar-refractivity contribution in [3.63, 3.8) is 0 Å². The highest BCUT2D eigenvalue weighted by Crippen LogP contribution is 2.12. The molecule has 0 radical (unpaired) electrons. The Morgan fingerprint density at radius 1 is 1.31 bits per heavy atom. The fourth-order valence-corrected chi connectivity index (χ4v) is 1.36. The number of hydrazine groups is 2. The number of nitrogens with zero attached hydrogens (tertiary/aromatic N) is 1. The summed E-state index contributed by atoms with van der Waals surface area (Å²) < 4.78 is 30.5. The van der Waals surface area contributed by atoms with E-state index in [-0.39, 0.29) is 5.69 Å². The lowest BCUT2D eigenvalue weighted by molar-refractivity contribution is 0.470. The summed E-state index contributed by atoms with van der Waals surface area (Å²) in [6.07, 6.45) is 0. The topological polar surface area (TPSA) is 95.7 Å². The van der Waals surface area contributed by atoms with Gasteiger partial charge in [-0.1, -0.05) is 18.2 Å². The van der Waals surface area contributed by atoms with Gasteiger partial charge in [0.25, 0.3) is 0 Å². The Kier molecular flexibility index (Phi) is 2.83. The molecule has 0 bridgehead atoms. The number of hydrogen-bond acceptors (Lipinski definition) is 4. The van der Waals surface area contributed by atoms with Crippen molar-refractivity contribution in [2.75, 3.05) is 4.41 Å². The summed E-state index contributed by atoms with van der Waals surface area (Å²) in [4.78, 5) is 0. The number of nitrogens with one attached hydrogen (secondary N) is 1. The van der Waals surface area contributed by atoms with Gasteiger partial charge >= 0.3 is 10.3 Å². The van der Waals surface area contributed by atoms with E-state index >= 15 is 0 Å². The zero-order valence-corrected chi connectivity index (χ0v) is 7.40. The number of benzene rings is 1. The minimum atomic E-state index is -4.37. The van der Waals surface area contributed by atoms with Crippen molar-refractivity contribution >= 4 is 16.0 Å². The van der Waals surface area contributed by atoms with Crippen molar-refractivity contribution < 1.29 is 13.0 Å². The van der Waals surface area contributed by atoms with Crippen molar-refractivity contribution in [1.82, 2.24) is 5.53 Å². The number of para-hydroxylation sites is 1. The van der Waals surface area contributed by atoms with Gasteiger partial charge in [-0.05, 0) is 12.1 Å². The molecule has 0 unspecified atom stereocenters. The monoisotopic (exact) mass is 203 g/mol. The zero-order chi connectivity index (χ0) is 9.90. The predicted molar refractivity (Wildman–Crippen MR) is 47.8 cm³/mol. The van der Waals surface area contributed by atoms with Crippen LogP contribution in [0.5, 0.6) is 0 Å². The third-order valence-electron chi connectivity index (χ3n) is 1.34.